The van der Waals surface area contributed by atoms with Crippen molar-refractivity contribution in [3.05, 3.63) is 48.6 Å². The molecule has 0 saturated carbocycles. The predicted molar refractivity (Wildman–Crippen MR) is 62.0 cm³/mol. The topological polar surface area (TPSA) is 12.5 Å². The molecule has 2 rings (SSSR count). The molecule has 1 aromatic carbocycles. The van der Waals surface area contributed by atoms with Gasteiger partial charge in [0.15, 0.2) is 0 Å². The molecule has 1 atom stereocenters. The molecule has 1 aliphatic rings. The van der Waals surface area contributed by atoms with Gasteiger partial charge in [0.25, 0.3) is 0 Å². The van der Waals surface area contributed by atoms with Gasteiger partial charge in [-0.3, -0.25) is 0 Å². The standard InChI is InChI=1S/C10H10.C3H6O/c1-3-9-7-5-6-8-10(9)4-2;1-3-2-4-3/h3-8H,1-2H2;3H,2H2,1H3. The molecule has 1 heterocycles. The maximum atomic E-state index is 4.71. The Labute approximate surface area is 85.7 Å². The lowest BCUT2D eigenvalue weighted by Gasteiger charge is -1.96. The summed E-state index contributed by atoms with van der Waals surface area (Å²) in [6.45, 7) is 10.4. The largest absolute Gasteiger partial charge is 0.373 e. The first-order valence-corrected chi connectivity index (χ1v) is 4.73. The van der Waals surface area contributed by atoms with Crippen molar-refractivity contribution in [1.82, 2.24) is 0 Å². The molecule has 0 radical (unpaired) electrons. The van der Waals surface area contributed by atoms with Gasteiger partial charge >= 0.3 is 0 Å². The number of hydrogen-bond donors (Lipinski definition) is 0. The van der Waals surface area contributed by atoms with E-state index < -0.39 is 0 Å². The lowest BCUT2D eigenvalue weighted by atomic mass is 10.1. The van der Waals surface area contributed by atoms with Crippen LogP contribution in [0, 0.1) is 0 Å². The highest BCUT2D eigenvalue weighted by Gasteiger charge is 2.13. The van der Waals surface area contributed by atoms with Crippen LogP contribution in [-0.4, -0.2) is 12.7 Å². The van der Waals surface area contributed by atoms with Crippen molar-refractivity contribution in [2.24, 2.45) is 0 Å². The van der Waals surface area contributed by atoms with Crippen LogP contribution in [0.2, 0.25) is 0 Å². The van der Waals surface area contributed by atoms with Crippen LogP contribution >= 0.6 is 0 Å². The Bertz CT molecular complexity index is 284. The van der Waals surface area contributed by atoms with E-state index in [0.717, 1.165) is 17.7 Å². The zero-order chi connectivity index (χ0) is 10.4. The Morgan fingerprint density at radius 1 is 1.21 bits per heavy atom. The first-order valence-electron chi connectivity index (χ1n) is 4.73. The van der Waals surface area contributed by atoms with Gasteiger partial charge in [0.1, 0.15) is 0 Å². The van der Waals surface area contributed by atoms with Crippen LogP contribution in [0.5, 0.6) is 0 Å². The third-order valence-corrected chi connectivity index (χ3v) is 1.94. The molecule has 1 nitrogen and oxygen atoms in total. The van der Waals surface area contributed by atoms with Crippen molar-refractivity contribution >= 4 is 12.2 Å². The van der Waals surface area contributed by atoms with Crippen LogP contribution in [0.1, 0.15) is 18.1 Å². The van der Waals surface area contributed by atoms with Gasteiger partial charge in [-0.15, -0.1) is 0 Å². The average Bonchev–Trinajstić information content (AvgIpc) is 3.01. The van der Waals surface area contributed by atoms with Gasteiger partial charge in [-0.05, 0) is 18.1 Å². The summed E-state index contributed by atoms with van der Waals surface area (Å²) in [5, 5.41) is 0. The zero-order valence-corrected chi connectivity index (χ0v) is 8.57. The summed E-state index contributed by atoms with van der Waals surface area (Å²) in [4.78, 5) is 0. The van der Waals surface area contributed by atoms with Gasteiger partial charge in [-0.25, -0.2) is 0 Å². The Morgan fingerprint density at radius 3 is 1.79 bits per heavy atom. The number of benzene rings is 1. The van der Waals surface area contributed by atoms with Crippen LogP contribution < -0.4 is 0 Å². The zero-order valence-electron chi connectivity index (χ0n) is 8.57. The van der Waals surface area contributed by atoms with E-state index in [2.05, 4.69) is 20.1 Å². The monoisotopic (exact) mass is 188 g/mol. The molecule has 1 aliphatic heterocycles. The molecule has 1 unspecified atom stereocenters. The van der Waals surface area contributed by atoms with Crippen LogP contribution in [0.15, 0.2) is 37.4 Å². The second kappa shape index (κ2) is 5.40. The molecule has 1 aromatic rings. The maximum absolute atomic E-state index is 4.71. The van der Waals surface area contributed by atoms with Gasteiger partial charge in [0.05, 0.1) is 12.7 Å². The molecule has 0 N–H and O–H groups in total. The third kappa shape index (κ3) is 3.58. The Kier molecular flexibility index (Phi) is 4.14. The molecular formula is C13H16O. The number of ether oxygens (including phenoxy) is 1. The van der Waals surface area contributed by atoms with E-state index in [1.54, 1.807) is 0 Å². The second-order valence-corrected chi connectivity index (χ2v) is 3.18. The van der Waals surface area contributed by atoms with Gasteiger partial charge in [0, 0.05) is 0 Å². The van der Waals surface area contributed by atoms with E-state index in [-0.39, 0.29) is 0 Å². The van der Waals surface area contributed by atoms with E-state index in [0.29, 0.717) is 6.10 Å². The highest BCUT2D eigenvalue weighted by atomic mass is 16.6. The molecule has 0 aromatic heterocycles. The normalized spacial score (nSPS) is 17.6. The fourth-order valence-electron chi connectivity index (χ4n) is 0.979. The van der Waals surface area contributed by atoms with E-state index in [9.17, 15) is 0 Å². The Morgan fingerprint density at radius 2 is 1.57 bits per heavy atom. The average molecular weight is 188 g/mol. The summed E-state index contributed by atoms with van der Waals surface area (Å²) in [6.07, 6.45) is 4.24. The van der Waals surface area contributed by atoms with Crippen LogP contribution in [0.25, 0.3) is 12.2 Å². The van der Waals surface area contributed by atoms with Gasteiger partial charge in [-0.2, -0.15) is 0 Å². The van der Waals surface area contributed by atoms with Crippen molar-refractivity contribution < 1.29 is 4.74 Å². The molecule has 14 heavy (non-hydrogen) atoms. The minimum atomic E-state index is 0.583. The highest BCUT2D eigenvalue weighted by Crippen LogP contribution is 2.10. The summed E-state index contributed by atoms with van der Waals surface area (Å²) in [7, 11) is 0. The van der Waals surface area contributed by atoms with Gasteiger partial charge in [0.2, 0.25) is 0 Å². The third-order valence-electron chi connectivity index (χ3n) is 1.94. The molecule has 0 aliphatic carbocycles. The molecule has 1 heteroatoms. The van der Waals surface area contributed by atoms with Gasteiger partial charge in [-0.1, -0.05) is 49.6 Å². The fourth-order valence-corrected chi connectivity index (χ4v) is 0.979. The minimum absolute atomic E-state index is 0.583. The van der Waals surface area contributed by atoms with Crippen molar-refractivity contribution in [3.63, 3.8) is 0 Å². The van der Waals surface area contributed by atoms with Crippen LogP contribution in [-0.2, 0) is 4.74 Å². The SMILES string of the molecule is C=Cc1ccccc1C=C.CC1CO1. The molecule has 0 amide bonds. The molecular weight excluding hydrogens is 172 g/mol. The summed E-state index contributed by atoms with van der Waals surface area (Å²) in [6, 6.07) is 8.02. The van der Waals surface area contributed by atoms with Crippen molar-refractivity contribution in [2.75, 3.05) is 6.61 Å². The van der Waals surface area contributed by atoms with E-state index in [1.807, 2.05) is 36.4 Å². The first kappa shape index (κ1) is 10.7. The van der Waals surface area contributed by atoms with Gasteiger partial charge < -0.3 is 4.74 Å². The predicted octanol–water partition coefficient (Wildman–Crippen LogP) is 3.38. The van der Waals surface area contributed by atoms with Crippen molar-refractivity contribution in [3.8, 4) is 0 Å². The van der Waals surface area contributed by atoms with Crippen molar-refractivity contribution in [1.29, 1.82) is 0 Å². The Balaban J connectivity index is 0.000000203. The van der Waals surface area contributed by atoms with Crippen molar-refractivity contribution in [2.45, 2.75) is 13.0 Å². The summed E-state index contributed by atoms with van der Waals surface area (Å²) in [5.41, 5.74) is 2.27. The lowest BCUT2D eigenvalue weighted by molar-refractivity contribution is 0.423. The first-order chi connectivity index (χ1) is 6.77. The molecule has 1 fully saturated rings. The molecule has 0 spiro atoms. The van der Waals surface area contributed by atoms with E-state index in [4.69, 9.17) is 4.74 Å². The summed E-state index contributed by atoms with van der Waals surface area (Å²) in [5.74, 6) is 0. The lowest BCUT2D eigenvalue weighted by Crippen LogP contribution is -1.76. The molecule has 74 valence electrons. The smallest absolute Gasteiger partial charge is 0.0781 e. The number of epoxide rings is 1. The minimum Gasteiger partial charge on any atom is -0.373 e. The van der Waals surface area contributed by atoms with Crippen LogP contribution in [0.4, 0.5) is 0 Å². The summed E-state index contributed by atoms with van der Waals surface area (Å²) >= 11 is 0. The quantitative estimate of drug-likeness (QED) is 0.648. The number of rotatable bonds is 2. The maximum Gasteiger partial charge on any atom is 0.0781 e. The molecule has 1 saturated heterocycles. The highest BCUT2D eigenvalue weighted by molar-refractivity contribution is 5.63. The van der Waals surface area contributed by atoms with E-state index >= 15 is 0 Å². The Hall–Kier alpha value is -1.34. The molecule has 0 bridgehead atoms. The second-order valence-electron chi connectivity index (χ2n) is 3.18. The number of hydrogen-bond acceptors (Lipinski definition) is 1. The van der Waals surface area contributed by atoms with Crippen LogP contribution in [0.3, 0.4) is 0 Å². The summed E-state index contributed by atoms with van der Waals surface area (Å²) < 4.78 is 4.71. The van der Waals surface area contributed by atoms with E-state index in [1.165, 1.54) is 0 Å². The fraction of sp³-hybridized carbons (Fsp3) is 0.231.